The van der Waals surface area contributed by atoms with Crippen LogP contribution in [0.3, 0.4) is 0 Å². The van der Waals surface area contributed by atoms with E-state index in [4.69, 9.17) is 14.6 Å². The van der Waals surface area contributed by atoms with E-state index in [0.717, 1.165) is 13.1 Å². The molecule has 0 aromatic heterocycles. The zero-order valence-corrected chi connectivity index (χ0v) is 7.88. The van der Waals surface area contributed by atoms with Crippen LogP contribution in [-0.4, -0.2) is 51.2 Å². The van der Waals surface area contributed by atoms with Crippen molar-refractivity contribution in [2.45, 2.75) is 13.0 Å². The normalized spacial score (nSPS) is 13.2. The van der Waals surface area contributed by atoms with Crippen molar-refractivity contribution in [1.29, 1.82) is 0 Å². The molecule has 0 spiro atoms. The molecule has 0 saturated carbocycles. The van der Waals surface area contributed by atoms with Crippen molar-refractivity contribution in [3.05, 3.63) is 0 Å². The standard InChI is InChI=1S/C8H19NO3/c1-3-9-4-5-12-7-8(10)6-11-2/h8-10H,3-7H2,1-2H3. The molecule has 4 heteroatoms. The van der Waals surface area contributed by atoms with Crippen LogP contribution >= 0.6 is 0 Å². The monoisotopic (exact) mass is 177 g/mol. The first-order chi connectivity index (χ1) is 5.81. The second-order valence-electron chi connectivity index (χ2n) is 2.54. The fraction of sp³-hybridized carbons (Fsp3) is 1.00. The molecule has 0 aliphatic carbocycles. The average Bonchev–Trinajstić information content (AvgIpc) is 2.05. The number of aliphatic hydroxyl groups excluding tert-OH is 1. The van der Waals surface area contributed by atoms with Gasteiger partial charge in [0, 0.05) is 13.7 Å². The topological polar surface area (TPSA) is 50.7 Å². The molecule has 0 saturated heterocycles. The average molecular weight is 177 g/mol. The molecule has 0 bridgehead atoms. The number of methoxy groups -OCH3 is 1. The Hall–Kier alpha value is -0.160. The molecule has 74 valence electrons. The molecule has 0 aromatic rings. The number of hydrogen-bond donors (Lipinski definition) is 2. The van der Waals surface area contributed by atoms with Crippen molar-refractivity contribution in [2.75, 3.05) is 40.0 Å². The van der Waals surface area contributed by atoms with Crippen LogP contribution in [0.5, 0.6) is 0 Å². The number of rotatable bonds is 8. The van der Waals surface area contributed by atoms with Gasteiger partial charge in [-0.15, -0.1) is 0 Å². The van der Waals surface area contributed by atoms with Crippen LogP contribution < -0.4 is 5.32 Å². The summed E-state index contributed by atoms with van der Waals surface area (Å²) >= 11 is 0. The molecule has 0 aromatic carbocycles. The maximum absolute atomic E-state index is 9.14. The highest BCUT2D eigenvalue weighted by atomic mass is 16.5. The highest BCUT2D eigenvalue weighted by molar-refractivity contribution is 4.50. The summed E-state index contributed by atoms with van der Waals surface area (Å²) in [6, 6.07) is 0. The summed E-state index contributed by atoms with van der Waals surface area (Å²) in [5.74, 6) is 0. The van der Waals surface area contributed by atoms with Gasteiger partial charge in [-0.25, -0.2) is 0 Å². The van der Waals surface area contributed by atoms with Gasteiger partial charge in [-0.1, -0.05) is 6.92 Å². The second kappa shape index (κ2) is 8.93. The van der Waals surface area contributed by atoms with E-state index in [-0.39, 0.29) is 0 Å². The van der Waals surface area contributed by atoms with Gasteiger partial charge in [-0.2, -0.15) is 0 Å². The Balaban J connectivity index is 2.97. The van der Waals surface area contributed by atoms with E-state index < -0.39 is 6.10 Å². The quantitative estimate of drug-likeness (QED) is 0.496. The van der Waals surface area contributed by atoms with Crippen molar-refractivity contribution in [2.24, 2.45) is 0 Å². The molecule has 4 nitrogen and oxygen atoms in total. The van der Waals surface area contributed by atoms with Crippen LogP contribution in [0.1, 0.15) is 6.92 Å². The highest BCUT2D eigenvalue weighted by Gasteiger charge is 2.01. The van der Waals surface area contributed by atoms with Crippen molar-refractivity contribution < 1.29 is 14.6 Å². The molecule has 0 aliphatic heterocycles. The van der Waals surface area contributed by atoms with Crippen LogP contribution in [0.4, 0.5) is 0 Å². The third-order valence-electron chi connectivity index (χ3n) is 1.34. The number of aliphatic hydroxyl groups is 1. The fourth-order valence-corrected chi connectivity index (χ4v) is 0.781. The third-order valence-corrected chi connectivity index (χ3v) is 1.34. The van der Waals surface area contributed by atoms with E-state index in [9.17, 15) is 0 Å². The van der Waals surface area contributed by atoms with Gasteiger partial charge in [0.25, 0.3) is 0 Å². The van der Waals surface area contributed by atoms with Crippen molar-refractivity contribution in [3.63, 3.8) is 0 Å². The Bertz CT molecular complexity index is 90.4. The maximum Gasteiger partial charge on any atom is 0.101 e. The predicted octanol–water partition coefficient (Wildman–Crippen LogP) is -0.380. The Kier molecular flexibility index (Phi) is 8.81. The van der Waals surface area contributed by atoms with E-state index in [0.29, 0.717) is 19.8 Å². The van der Waals surface area contributed by atoms with Gasteiger partial charge in [0.05, 0.1) is 19.8 Å². The van der Waals surface area contributed by atoms with Crippen molar-refractivity contribution in [3.8, 4) is 0 Å². The number of likely N-dealkylation sites (N-methyl/N-ethyl adjacent to an activating group) is 1. The van der Waals surface area contributed by atoms with Crippen LogP contribution in [0.25, 0.3) is 0 Å². The maximum atomic E-state index is 9.14. The molecule has 0 fully saturated rings. The van der Waals surface area contributed by atoms with Gasteiger partial charge in [-0.3, -0.25) is 0 Å². The molecule has 12 heavy (non-hydrogen) atoms. The lowest BCUT2D eigenvalue weighted by atomic mass is 10.4. The zero-order valence-electron chi connectivity index (χ0n) is 7.88. The van der Waals surface area contributed by atoms with Crippen LogP contribution in [-0.2, 0) is 9.47 Å². The van der Waals surface area contributed by atoms with Gasteiger partial charge < -0.3 is 19.9 Å². The predicted molar refractivity (Wildman–Crippen MR) is 47.2 cm³/mol. The van der Waals surface area contributed by atoms with E-state index >= 15 is 0 Å². The summed E-state index contributed by atoms with van der Waals surface area (Å²) in [5, 5.41) is 12.3. The summed E-state index contributed by atoms with van der Waals surface area (Å²) < 4.78 is 9.89. The molecule has 2 N–H and O–H groups in total. The lowest BCUT2D eigenvalue weighted by Gasteiger charge is -2.09. The molecule has 0 amide bonds. The van der Waals surface area contributed by atoms with Gasteiger partial charge in [0.2, 0.25) is 0 Å². The van der Waals surface area contributed by atoms with Crippen LogP contribution in [0.2, 0.25) is 0 Å². The summed E-state index contributed by atoms with van der Waals surface area (Å²) in [7, 11) is 1.56. The molecular formula is C8H19NO3. The molecule has 0 heterocycles. The minimum atomic E-state index is -0.503. The SMILES string of the molecule is CCNCCOCC(O)COC. The van der Waals surface area contributed by atoms with Crippen molar-refractivity contribution in [1.82, 2.24) is 5.32 Å². The summed E-state index contributed by atoms with van der Waals surface area (Å²) in [5.41, 5.74) is 0. The smallest absolute Gasteiger partial charge is 0.101 e. The number of hydrogen-bond acceptors (Lipinski definition) is 4. The Morgan fingerprint density at radius 1 is 1.42 bits per heavy atom. The largest absolute Gasteiger partial charge is 0.388 e. The van der Waals surface area contributed by atoms with Gasteiger partial charge >= 0.3 is 0 Å². The Morgan fingerprint density at radius 3 is 2.75 bits per heavy atom. The Labute approximate surface area is 73.9 Å². The minimum Gasteiger partial charge on any atom is -0.388 e. The van der Waals surface area contributed by atoms with Gasteiger partial charge in [0.1, 0.15) is 6.10 Å². The summed E-state index contributed by atoms with van der Waals surface area (Å²) in [4.78, 5) is 0. The van der Waals surface area contributed by atoms with E-state index in [1.807, 2.05) is 6.92 Å². The first-order valence-electron chi connectivity index (χ1n) is 4.26. The van der Waals surface area contributed by atoms with Gasteiger partial charge in [0.15, 0.2) is 0 Å². The van der Waals surface area contributed by atoms with E-state index in [1.165, 1.54) is 0 Å². The number of nitrogens with one attached hydrogen (secondary N) is 1. The fourth-order valence-electron chi connectivity index (χ4n) is 0.781. The molecule has 0 radical (unpaired) electrons. The minimum absolute atomic E-state index is 0.335. The lowest BCUT2D eigenvalue weighted by Crippen LogP contribution is -2.24. The molecule has 0 rings (SSSR count). The first kappa shape index (κ1) is 11.8. The number of ether oxygens (including phenoxy) is 2. The molecule has 0 aliphatic rings. The van der Waals surface area contributed by atoms with Crippen molar-refractivity contribution >= 4 is 0 Å². The van der Waals surface area contributed by atoms with Crippen LogP contribution in [0, 0.1) is 0 Å². The lowest BCUT2D eigenvalue weighted by molar-refractivity contribution is -0.00505. The van der Waals surface area contributed by atoms with Crippen LogP contribution in [0.15, 0.2) is 0 Å². The third kappa shape index (κ3) is 7.94. The molecule has 1 unspecified atom stereocenters. The summed E-state index contributed by atoms with van der Waals surface area (Å²) in [6.45, 7) is 5.13. The molecule has 1 atom stereocenters. The zero-order chi connectivity index (χ0) is 9.23. The second-order valence-corrected chi connectivity index (χ2v) is 2.54. The van der Waals surface area contributed by atoms with Gasteiger partial charge in [-0.05, 0) is 6.54 Å². The Morgan fingerprint density at radius 2 is 2.17 bits per heavy atom. The highest BCUT2D eigenvalue weighted by Crippen LogP contribution is 1.85. The first-order valence-corrected chi connectivity index (χ1v) is 4.26. The van der Waals surface area contributed by atoms with E-state index in [2.05, 4.69) is 5.32 Å². The summed E-state index contributed by atoms with van der Waals surface area (Å²) in [6.07, 6.45) is -0.503. The molecular weight excluding hydrogens is 158 g/mol. The van der Waals surface area contributed by atoms with E-state index in [1.54, 1.807) is 7.11 Å².